The van der Waals surface area contributed by atoms with E-state index in [1.807, 2.05) is 42.5 Å². The number of aromatic nitrogens is 1. The third-order valence-corrected chi connectivity index (χ3v) is 3.51. The van der Waals surface area contributed by atoms with Gasteiger partial charge in [0.05, 0.1) is 6.54 Å². The molecular weight excluding hydrogens is 290 g/mol. The molecule has 1 aromatic carbocycles. The fourth-order valence-electron chi connectivity index (χ4n) is 2.19. The third-order valence-electron chi connectivity index (χ3n) is 3.51. The first-order valence-electron chi connectivity index (χ1n) is 7.60. The Labute approximate surface area is 136 Å². The molecule has 0 bridgehead atoms. The highest BCUT2D eigenvalue weighted by molar-refractivity contribution is 5.83. The van der Waals surface area contributed by atoms with Gasteiger partial charge in [-0.05, 0) is 23.6 Å². The predicted octanol–water partition coefficient (Wildman–Crippen LogP) is 1.79. The molecule has 0 aliphatic carbocycles. The molecule has 5 nitrogen and oxygen atoms in total. The van der Waals surface area contributed by atoms with E-state index in [9.17, 15) is 9.59 Å². The first-order valence-corrected chi connectivity index (χ1v) is 7.60. The first-order chi connectivity index (χ1) is 11.1. The highest BCUT2D eigenvalue weighted by Crippen LogP contribution is 2.02. The van der Waals surface area contributed by atoms with Crippen LogP contribution in [-0.4, -0.2) is 34.8 Å². The second kappa shape index (κ2) is 8.68. The smallest absolute Gasteiger partial charge is 0.239 e. The minimum absolute atomic E-state index is 0.0719. The summed E-state index contributed by atoms with van der Waals surface area (Å²) in [6.07, 6.45) is 4.13. The fraction of sp³-hybridized carbons (Fsp3) is 0.278. The Balaban J connectivity index is 1.81. The van der Waals surface area contributed by atoms with Gasteiger partial charge >= 0.3 is 0 Å². The average molecular weight is 311 g/mol. The molecule has 0 radical (unpaired) electrons. The molecule has 0 unspecified atom stereocenters. The van der Waals surface area contributed by atoms with Crippen molar-refractivity contribution < 1.29 is 9.59 Å². The molecule has 0 fully saturated rings. The summed E-state index contributed by atoms with van der Waals surface area (Å²) in [5, 5.41) is 2.81. The Morgan fingerprint density at radius 3 is 2.48 bits per heavy atom. The van der Waals surface area contributed by atoms with Gasteiger partial charge in [0, 0.05) is 32.4 Å². The maximum absolute atomic E-state index is 12.0. The van der Waals surface area contributed by atoms with E-state index in [2.05, 4.69) is 10.3 Å². The standard InChI is InChI=1S/C18H21N3O2/c1-15(22)21(11-9-16-6-3-2-4-7-16)14-18(23)20-13-17-8-5-10-19-12-17/h2-8,10,12H,9,11,13-14H2,1H3,(H,20,23). The molecule has 0 spiro atoms. The van der Waals surface area contributed by atoms with Crippen LogP contribution >= 0.6 is 0 Å². The number of pyridine rings is 1. The maximum atomic E-state index is 12.0. The lowest BCUT2D eigenvalue weighted by Gasteiger charge is -2.20. The van der Waals surface area contributed by atoms with Crippen LogP contribution in [0.2, 0.25) is 0 Å². The largest absolute Gasteiger partial charge is 0.350 e. The molecule has 0 atom stereocenters. The lowest BCUT2D eigenvalue weighted by molar-refractivity contribution is -0.134. The van der Waals surface area contributed by atoms with Crippen LogP contribution in [0, 0.1) is 0 Å². The summed E-state index contributed by atoms with van der Waals surface area (Å²) < 4.78 is 0. The summed E-state index contributed by atoms with van der Waals surface area (Å²) >= 11 is 0. The number of nitrogens with zero attached hydrogens (tertiary/aromatic N) is 2. The molecule has 120 valence electrons. The first kappa shape index (κ1) is 16.7. The lowest BCUT2D eigenvalue weighted by Crippen LogP contribution is -2.40. The molecule has 1 N–H and O–H groups in total. The van der Waals surface area contributed by atoms with Crippen molar-refractivity contribution in [3.8, 4) is 0 Å². The monoisotopic (exact) mass is 311 g/mol. The van der Waals surface area contributed by atoms with Crippen LogP contribution in [0.15, 0.2) is 54.9 Å². The average Bonchev–Trinajstić information content (AvgIpc) is 2.58. The van der Waals surface area contributed by atoms with E-state index in [0.717, 1.165) is 17.5 Å². The van der Waals surface area contributed by atoms with Crippen LogP contribution < -0.4 is 5.32 Å². The third kappa shape index (κ3) is 5.90. The molecule has 0 aliphatic rings. The SMILES string of the molecule is CC(=O)N(CCc1ccccc1)CC(=O)NCc1cccnc1. The fourth-order valence-corrected chi connectivity index (χ4v) is 2.19. The van der Waals surface area contributed by atoms with Crippen molar-refractivity contribution in [2.75, 3.05) is 13.1 Å². The number of carbonyl (C=O) groups is 2. The Morgan fingerprint density at radius 1 is 1.09 bits per heavy atom. The van der Waals surface area contributed by atoms with Crippen molar-refractivity contribution in [3.05, 3.63) is 66.0 Å². The second-order valence-electron chi connectivity index (χ2n) is 5.31. The second-order valence-corrected chi connectivity index (χ2v) is 5.31. The molecule has 5 heteroatoms. The summed E-state index contributed by atoms with van der Waals surface area (Å²) in [4.78, 5) is 29.3. The number of carbonyl (C=O) groups excluding carboxylic acids is 2. The molecule has 23 heavy (non-hydrogen) atoms. The van der Waals surface area contributed by atoms with Gasteiger partial charge in [-0.25, -0.2) is 0 Å². The lowest BCUT2D eigenvalue weighted by atomic mass is 10.1. The zero-order valence-electron chi connectivity index (χ0n) is 13.2. The topological polar surface area (TPSA) is 62.3 Å². The highest BCUT2D eigenvalue weighted by atomic mass is 16.2. The van der Waals surface area contributed by atoms with E-state index in [1.54, 1.807) is 17.3 Å². The van der Waals surface area contributed by atoms with Gasteiger partial charge in [-0.2, -0.15) is 0 Å². The van der Waals surface area contributed by atoms with Crippen LogP contribution in [0.5, 0.6) is 0 Å². The summed E-state index contributed by atoms with van der Waals surface area (Å²) in [5.74, 6) is -0.269. The molecule has 0 saturated heterocycles. The summed E-state index contributed by atoms with van der Waals surface area (Å²) in [6.45, 7) is 2.50. The van der Waals surface area contributed by atoms with Crippen molar-refractivity contribution >= 4 is 11.8 Å². The minimum atomic E-state index is -0.169. The van der Waals surface area contributed by atoms with E-state index >= 15 is 0 Å². The van der Waals surface area contributed by atoms with Crippen LogP contribution in [0.1, 0.15) is 18.1 Å². The zero-order valence-corrected chi connectivity index (χ0v) is 13.2. The molecule has 0 aliphatic heterocycles. The van der Waals surface area contributed by atoms with Crippen molar-refractivity contribution in [2.24, 2.45) is 0 Å². The van der Waals surface area contributed by atoms with E-state index in [4.69, 9.17) is 0 Å². The summed E-state index contributed by atoms with van der Waals surface area (Å²) in [6, 6.07) is 13.6. The van der Waals surface area contributed by atoms with Gasteiger partial charge in [-0.15, -0.1) is 0 Å². The Bertz CT molecular complexity index is 629. The number of hydrogen-bond acceptors (Lipinski definition) is 3. The van der Waals surface area contributed by atoms with Crippen LogP contribution in [0.25, 0.3) is 0 Å². The number of hydrogen-bond donors (Lipinski definition) is 1. The Morgan fingerprint density at radius 2 is 1.83 bits per heavy atom. The molecular formula is C18H21N3O2. The summed E-state index contributed by atoms with van der Waals surface area (Å²) in [5.41, 5.74) is 2.08. The normalized spacial score (nSPS) is 10.1. The number of nitrogens with one attached hydrogen (secondary N) is 1. The molecule has 0 saturated carbocycles. The number of amides is 2. The van der Waals surface area contributed by atoms with Gasteiger partial charge in [0.2, 0.25) is 11.8 Å². The molecule has 2 aromatic rings. The molecule has 2 rings (SSSR count). The van der Waals surface area contributed by atoms with Crippen molar-refractivity contribution in [2.45, 2.75) is 19.9 Å². The Hall–Kier alpha value is -2.69. The molecule has 2 amide bonds. The summed E-state index contributed by atoms with van der Waals surface area (Å²) in [7, 11) is 0. The molecule has 1 aromatic heterocycles. The van der Waals surface area contributed by atoms with Crippen molar-refractivity contribution in [1.82, 2.24) is 15.2 Å². The van der Waals surface area contributed by atoms with Gasteiger partial charge < -0.3 is 10.2 Å². The van der Waals surface area contributed by atoms with Gasteiger partial charge in [0.25, 0.3) is 0 Å². The number of benzene rings is 1. The Kier molecular flexibility index (Phi) is 6.29. The van der Waals surface area contributed by atoms with Crippen LogP contribution in [0.3, 0.4) is 0 Å². The van der Waals surface area contributed by atoms with Gasteiger partial charge in [0.1, 0.15) is 0 Å². The van der Waals surface area contributed by atoms with Gasteiger partial charge in [-0.3, -0.25) is 14.6 Å². The quantitative estimate of drug-likeness (QED) is 0.848. The van der Waals surface area contributed by atoms with E-state index in [0.29, 0.717) is 13.1 Å². The van der Waals surface area contributed by atoms with E-state index in [1.165, 1.54) is 6.92 Å². The maximum Gasteiger partial charge on any atom is 0.239 e. The van der Waals surface area contributed by atoms with E-state index < -0.39 is 0 Å². The van der Waals surface area contributed by atoms with Crippen molar-refractivity contribution in [3.63, 3.8) is 0 Å². The predicted molar refractivity (Wildman–Crippen MR) is 88.5 cm³/mol. The zero-order chi connectivity index (χ0) is 16.5. The number of rotatable bonds is 7. The minimum Gasteiger partial charge on any atom is -0.350 e. The highest BCUT2D eigenvalue weighted by Gasteiger charge is 2.13. The molecule has 1 heterocycles. The van der Waals surface area contributed by atoms with Crippen LogP contribution in [-0.2, 0) is 22.6 Å². The van der Waals surface area contributed by atoms with Crippen LogP contribution in [0.4, 0.5) is 0 Å². The van der Waals surface area contributed by atoms with Crippen molar-refractivity contribution in [1.29, 1.82) is 0 Å². The van der Waals surface area contributed by atoms with E-state index in [-0.39, 0.29) is 18.4 Å². The van der Waals surface area contributed by atoms with Gasteiger partial charge in [-0.1, -0.05) is 36.4 Å². The van der Waals surface area contributed by atoms with Gasteiger partial charge in [0.15, 0.2) is 0 Å².